The van der Waals surface area contributed by atoms with Crippen LogP contribution in [-0.4, -0.2) is 31.3 Å². The van der Waals surface area contributed by atoms with Crippen molar-refractivity contribution in [2.45, 2.75) is 52.8 Å². The maximum Gasteiger partial charge on any atom is 0.323 e. The molecule has 1 rings (SSSR count). The lowest BCUT2D eigenvalue weighted by atomic mass is 10.1. The van der Waals surface area contributed by atoms with Crippen LogP contribution in [-0.2, 0) is 16.1 Å². The normalized spacial score (nSPS) is 12.6. The molecular weight excluding hydrogens is 282 g/mol. The maximum absolute atomic E-state index is 11.9. The summed E-state index contributed by atoms with van der Waals surface area (Å²) in [5, 5.41) is 3.15. The van der Waals surface area contributed by atoms with Gasteiger partial charge < -0.3 is 19.5 Å². The third-order valence-corrected chi connectivity index (χ3v) is 2.90. The highest BCUT2D eigenvalue weighted by atomic mass is 16.6. The van der Waals surface area contributed by atoms with E-state index in [0.29, 0.717) is 24.7 Å². The molecule has 1 atom stereocenters. The number of hydrogen-bond donors (Lipinski definition) is 1. The molecule has 1 aromatic rings. The predicted octanol–water partition coefficient (Wildman–Crippen LogP) is 2.91. The van der Waals surface area contributed by atoms with Crippen molar-refractivity contribution >= 4 is 5.97 Å². The Hall–Kier alpha value is -1.75. The van der Waals surface area contributed by atoms with E-state index in [1.807, 2.05) is 45.9 Å². The van der Waals surface area contributed by atoms with Crippen molar-refractivity contribution in [3.05, 3.63) is 23.8 Å². The van der Waals surface area contributed by atoms with Gasteiger partial charge in [0.15, 0.2) is 11.5 Å². The molecule has 0 heterocycles. The monoisotopic (exact) mass is 309 g/mol. The van der Waals surface area contributed by atoms with Crippen LogP contribution in [0.25, 0.3) is 0 Å². The summed E-state index contributed by atoms with van der Waals surface area (Å²) >= 11 is 0. The fraction of sp³-hybridized carbons (Fsp3) is 0.588. The molecule has 22 heavy (non-hydrogen) atoms. The van der Waals surface area contributed by atoms with E-state index < -0.39 is 5.60 Å². The first kappa shape index (κ1) is 18.3. The Morgan fingerprint density at radius 2 is 1.95 bits per heavy atom. The van der Waals surface area contributed by atoms with Gasteiger partial charge in [-0.15, -0.1) is 0 Å². The Morgan fingerprint density at radius 3 is 2.50 bits per heavy atom. The van der Waals surface area contributed by atoms with E-state index in [4.69, 9.17) is 14.2 Å². The summed E-state index contributed by atoms with van der Waals surface area (Å²) in [5.74, 6) is 1.14. The third-order valence-electron chi connectivity index (χ3n) is 2.90. The van der Waals surface area contributed by atoms with Gasteiger partial charge in [0.2, 0.25) is 0 Å². The number of ether oxygens (including phenoxy) is 3. The zero-order valence-corrected chi connectivity index (χ0v) is 14.4. The van der Waals surface area contributed by atoms with E-state index in [1.54, 1.807) is 14.0 Å². The van der Waals surface area contributed by atoms with Crippen molar-refractivity contribution in [3.63, 3.8) is 0 Å². The first-order chi connectivity index (χ1) is 10.3. The van der Waals surface area contributed by atoms with Gasteiger partial charge in [0, 0.05) is 6.54 Å². The molecule has 5 heteroatoms. The Bertz CT molecular complexity index is 494. The minimum Gasteiger partial charge on any atom is -0.493 e. The summed E-state index contributed by atoms with van der Waals surface area (Å²) in [6.45, 7) is 10.4. The maximum atomic E-state index is 11.9. The molecule has 0 saturated heterocycles. The second kappa shape index (κ2) is 8.03. The molecule has 0 aliphatic rings. The molecule has 0 unspecified atom stereocenters. The van der Waals surface area contributed by atoms with Gasteiger partial charge in [-0.25, -0.2) is 0 Å². The van der Waals surface area contributed by atoms with Crippen molar-refractivity contribution in [1.29, 1.82) is 0 Å². The fourth-order valence-electron chi connectivity index (χ4n) is 1.84. The second-order valence-corrected chi connectivity index (χ2v) is 6.05. The van der Waals surface area contributed by atoms with Crippen LogP contribution in [0.15, 0.2) is 18.2 Å². The van der Waals surface area contributed by atoms with E-state index >= 15 is 0 Å². The van der Waals surface area contributed by atoms with E-state index in [2.05, 4.69) is 5.32 Å². The van der Waals surface area contributed by atoms with Crippen LogP contribution >= 0.6 is 0 Å². The van der Waals surface area contributed by atoms with E-state index in [-0.39, 0.29) is 12.0 Å². The van der Waals surface area contributed by atoms with Gasteiger partial charge in [0.05, 0.1) is 13.7 Å². The van der Waals surface area contributed by atoms with Gasteiger partial charge in [0.1, 0.15) is 11.6 Å². The molecule has 5 nitrogen and oxygen atoms in total. The van der Waals surface area contributed by atoms with Crippen LogP contribution in [0.3, 0.4) is 0 Å². The summed E-state index contributed by atoms with van der Waals surface area (Å²) in [7, 11) is 1.61. The molecule has 0 amide bonds. The van der Waals surface area contributed by atoms with Crippen molar-refractivity contribution in [2.24, 2.45) is 0 Å². The van der Waals surface area contributed by atoms with E-state index in [9.17, 15) is 4.79 Å². The number of esters is 1. The largest absolute Gasteiger partial charge is 0.493 e. The Labute approximate surface area is 132 Å². The number of hydrogen-bond acceptors (Lipinski definition) is 5. The molecule has 0 saturated carbocycles. The zero-order valence-electron chi connectivity index (χ0n) is 14.4. The molecule has 0 aliphatic carbocycles. The first-order valence-corrected chi connectivity index (χ1v) is 7.52. The van der Waals surface area contributed by atoms with Crippen LogP contribution in [0.5, 0.6) is 11.5 Å². The lowest BCUT2D eigenvalue weighted by Gasteiger charge is -2.22. The smallest absolute Gasteiger partial charge is 0.323 e. The average Bonchev–Trinajstić information content (AvgIpc) is 2.44. The SMILES string of the molecule is CCOc1ccc(CN[C@H](C)C(=O)OC(C)(C)C)cc1OC. The average molecular weight is 309 g/mol. The first-order valence-electron chi connectivity index (χ1n) is 7.52. The second-order valence-electron chi connectivity index (χ2n) is 6.05. The summed E-state index contributed by atoms with van der Waals surface area (Å²) in [4.78, 5) is 11.9. The van der Waals surface area contributed by atoms with Crippen LogP contribution < -0.4 is 14.8 Å². The number of benzene rings is 1. The number of methoxy groups -OCH3 is 1. The van der Waals surface area contributed by atoms with Crippen LogP contribution in [0, 0.1) is 0 Å². The molecule has 124 valence electrons. The van der Waals surface area contributed by atoms with Gasteiger partial charge in [-0.1, -0.05) is 6.07 Å². The number of carbonyl (C=O) groups excluding carboxylic acids is 1. The Morgan fingerprint density at radius 1 is 1.27 bits per heavy atom. The van der Waals surface area contributed by atoms with Gasteiger partial charge in [-0.05, 0) is 52.3 Å². The molecule has 1 aromatic carbocycles. The minimum absolute atomic E-state index is 0.259. The number of nitrogens with one attached hydrogen (secondary N) is 1. The summed E-state index contributed by atoms with van der Waals surface area (Å²) < 4.78 is 16.1. The molecular formula is C17H27NO4. The molecule has 0 aromatic heterocycles. The fourth-order valence-corrected chi connectivity index (χ4v) is 1.84. The van der Waals surface area contributed by atoms with Crippen molar-refractivity contribution in [1.82, 2.24) is 5.32 Å². The van der Waals surface area contributed by atoms with E-state index in [1.165, 1.54) is 0 Å². The van der Waals surface area contributed by atoms with Crippen LogP contribution in [0.4, 0.5) is 0 Å². The van der Waals surface area contributed by atoms with E-state index in [0.717, 1.165) is 5.56 Å². The van der Waals surface area contributed by atoms with Crippen LogP contribution in [0.1, 0.15) is 40.2 Å². The number of rotatable bonds is 7. The van der Waals surface area contributed by atoms with Crippen LogP contribution in [0.2, 0.25) is 0 Å². The van der Waals surface area contributed by atoms with Crippen molar-refractivity contribution in [2.75, 3.05) is 13.7 Å². The van der Waals surface area contributed by atoms with Crippen molar-refractivity contribution in [3.8, 4) is 11.5 Å². The summed E-state index contributed by atoms with van der Waals surface area (Å²) in [5.41, 5.74) is 0.533. The quantitative estimate of drug-likeness (QED) is 0.785. The minimum atomic E-state index is -0.477. The standard InChI is InChI=1S/C17H27NO4/c1-7-21-14-9-8-13(10-15(14)20-6)11-18-12(2)16(19)22-17(3,4)5/h8-10,12,18H,7,11H2,1-6H3/t12-/m1/s1. The predicted molar refractivity (Wildman–Crippen MR) is 86.3 cm³/mol. The lowest BCUT2D eigenvalue weighted by Crippen LogP contribution is -2.38. The highest BCUT2D eigenvalue weighted by Crippen LogP contribution is 2.28. The van der Waals surface area contributed by atoms with Crippen molar-refractivity contribution < 1.29 is 19.0 Å². The summed E-state index contributed by atoms with van der Waals surface area (Å²) in [6, 6.07) is 5.34. The molecule has 0 aliphatic heterocycles. The Kier molecular flexibility index (Phi) is 6.68. The molecule has 0 spiro atoms. The summed E-state index contributed by atoms with van der Waals surface area (Å²) in [6.07, 6.45) is 0. The topological polar surface area (TPSA) is 56.8 Å². The van der Waals surface area contributed by atoms with Gasteiger partial charge in [-0.2, -0.15) is 0 Å². The molecule has 1 N–H and O–H groups in total. The lowest BCUT2D eigenvalue weighted by molar-refractivity contribution is -0.157. The van der Waals surface area contributed by atoms with Gasteiger partial charge in [0.25, 0.3) is 0 Å². The zero-order chi connectivity index (χ0) is 16.8. The molecule has 0 radical (unpaired) electrons. The Balaban J connectivity index is 2.62. The molecule has 0 bridgehead atoms. The highest BCUT2D eigenvalue weighted by Gasteiger charge is 2.21. The highest BCUT2D eigenvalue weighted by molar-refractivity contribution is 5.75. The van der Waals surface area contributed by atoms with Gasteiger partial charge in [-0.3, -0.25) is 4.79 Å². The van der Waals surface area contributed by atoms with Gasteiger partial charge >= 0.3 is 5.97 Å². The number of carbonyl (C=O) groups is 1. The molecule has 0 fully saturated rings. The third kappa shape index (κ3) is 5.93.